The minimum absolute atomic E-state index is 0.190. The van der Waals surface area contributed by atoms with Crippen LogP contribution in [0, 0.1) is 27.8 Å². The average molecular weight is 279 g/mol. The van der Waals surface area contributed by atoms with Gasteiger partial charge in [-0.15, -0.1) is 0 Å². The van der Waals surface area contributed by atoms with E-state index in [4.69, 9.17) is 0 Å². The molecular formula is C14H18FN3O2. The first-order valence-electron chi connectivity index (χ1n) is 6.99. The van der Waals surface area contributed by atoms with Gasteiger partial charge in [0.05, 0.1) is 11.0 Å². The topological polar surface area (TPSA) is 58.4 Å². The first kappa shape index (κ1) is 13.5. The van der Waals surface area contributed by atoms with Crippen molar-refractivity contribution in [2.75, 3.05) is 26.2 Å². The van der Waals surface area contributed by atoms with Crippen LogP contribution in [0.1, 0.15) is 12.0 Å². The summed E-state index contributed by atoms with van der Waals surface area (Å²) in [6.45, 7) is 4.63. The van der Waals surface area contributed by atoms with Crippen LogP contribution in [0.3, 0.4) is 0 Å². The van der Waals surface area contributed by atoms with E-state index in [9.17, 15) is 14.5 Å². The van der Waals surface area contributed by atoms with Crippen molar-refractivity contribution in [3.63, 3.8) is 0 Å². The van der Waals surface area contributed by atoms with Gasteiger partial charge in [0.15, 0.2) is 0 Å². The summed E-state index contributed by atoms with van der Waals surface area (Å²) < 4.78 is 13.9. The van der Waals surface area contributed by atoms with E-state index < -0.39 is 10.7 Å². The molecule has 1 N–H and O–H groups in total. The number of hydrogen-bond donors (Lipinski definition) is 1. The van der Waals surface area contributed by atoms with Crippen LogP contribution < -0.4 is 5.32 Å². The molecule has 0 saturated carbocycles. The van der Waals surface area contributed by atoms with Crippen LogP contribution in [0.2, 0.25) is 0 Å². The van der Waals surface area contributed by atoms with E-state index in [1.54, 1.807) is 0 Å². The molecule has 1 aromatic carbocycles. The molecule has 0 aliphatic carbocycles. The van der Waals surface area contributed by atoms with Crippen LogP contribution in [-0.4, -0.2) is 36.0 Å². The standard InChI is InChI=1S/C14H18FN3O2/c15-14-5-13(18(19)20)2-1-11(14)8-17-4-3-10-6-16-7-12(10)9-17/h1-2,5,10,12,16H,3-4,6-9H2. The molecule has 2 aliphatic rings. The Morgan fingerprint density at radius 3 is 2.95 bits per heavy atom. The average Bonchev–Trinajstić information content (AvgIpc) is 2.88. The van der Waals surface area contributed by atoms with Gasteiger partial charge in [0.1, 0.15) is 5.82 Å². The van der Waals surface area contributed by atoms with Crippen molar-refractivity contribution in [2.24, 2.45) is 11.8 Å². The predicted molar refractivity (Wildman–Crippen MR) is 72.8 cm³/mol. The zero-order valence-electron chi connectivity index (χ0n) is 11.2. The molecule has 2 unspecified atom stereocenters. The molecule has 5 nitrogen and oxygen atoms in total. The Morgan fingerprint density at radius 2 is 2.20 bits per heavy atom. The number of piperidine rings is 1. The minimum Gasteiger partial charge on any atom is -0.316 e. The molecule has 2 aliphatic heterocycles. The van der Waals surface area contributed by atoms with Crippen molar-refractivity contribution in [1.82, 2.24) is 10.2 Å². The highest BCUT2D eigenvalue weighted by Gasteiger charge is 2.32. The number of benzene rings is 1. The van der Waals surface area contributed by atoms with E-state index in [1.165, 1.54) is 12.1 Å². The zero-order chi connectivity index (χ0) is 14.1. The molecule has 0 radical (unpaired) electrons. The maximum Gasteiger partial charge on any atom is 0.272 e. The fourth-order valence-electron chi connectivity index (χ4n) is 3.27. The predicted octanol–water partition coefficient (Wildman–Crippen LogP) is 1.78. The Hall–Kier alpha value is -1.53. The summed E-state index contributed by atoms with van der Waals surface area (Å²) in [5.41, 5.74) is 0.352. The molecule has 2 fully saturated rings. The number of nitro groups is 1. The van der Waals surface area contributed by atoms with Crippen LogP contribution in [0.15, 0.2) is 18.2 Å². The maximum absolute atomic E-state index is 13.9. The van der Waals surface area contributed by atoms with Crippen LogP contribution in [0.25, 0.3) is 0 Å². The normalized spacial score (nSPS) is 26.4. The van der Waals surface area contributed by atoms with E-state index in [0.717, 1.165) is 44.6 Å². The monoisotopic (exact) mass is 279 g/mol. The van der Waals surface area contributed by atoms with Crippen LogP contribution in [0.4, 0.5) is 10.1 Å². The van der Waals surface area contributed by atoms with Gasteiger partial charge in [-0.3, -0.25) is 15.0 Å². The lowest BCUT2D eigenvalue weighted by molar-refractivity contribution is -0.385. The molecule has 0 amide bonds. The molecule has 6 heteroatoms. The number of hydrogen-bond acceptors (Lipinski definition) is 4. The molecule has 0 bridgehead atoms. The van der Waals surface area contributed by atoms with Gasteiger partial charge in [0.2, 0.25) is 0 Å². The van der Waals surface area contributed by atoms with Gasteiger partial charge in [-0.2, -0.15) is 0 Å². The summed E-state index contributed by atoms with van der Waals surface area (Å²) in [6.07, 6.45) is 1.15. The Balaban J connectivity index is 1.67. The second kappa shape index (κ2) is 5.46. The molecule has 2 heterocycles. The third-order valence-electron chi connectivity index (χ3n) is 4.43. The highest BCUT2D eigenvalue weighted by atomic mass is 19.1. The van der Waals surface area contributed by atoms with Crippen molar-refractivity contribution in [2.45, 2.75) is 13.0 Å². The summed E-state index contributed by atoms with van der Waals surface area (Å²) in [6, 6.07) is 3.92. The van der Waals surface area contributed by atoms with Gasteiger partial charge in [0.25, 0.3) is 5.69 Å². The van der Waals surface area contributed by atoms with Gasteiger partial charge >= 0.3 is 0 Å². The van der Waals surface area contributed by atoms with Crippen molar-refractivity contribution in [3.8, 4) is 0 Å². The quantitative estimate of drug-likeness (QED) is 0.677. The fourth-order valence-corrected chi connectivity index (χ4v) is 3.27. The number of halogens is 1. The van der Waals surface area contributed by atoms with Crippen molar-refractivity contribution < 1.29 is 9.31 Å². The van der Waals surface area contributed by atoms with Gasteiger partial charge < -0.3 is 5.32 Å². The van der Waals surface area contributed by atoms with Gasteiger partial charge in [-0.05, 0) is 44.0 Å². The molecule has 3 rings (SSSR count). The molecule has 20 heavy (non-hydrogen) atoms. The number of non-ortho nitro benzene ring substituents is 1. The maximum atomic E-state index is 13.9. The van der Waals surface area contributed by atoms with Crippen LogP contribution >= 0.6 is 0 Å². The van der Waals surface area contributed by atoms with Gasteiger partial charge in [-0.25, -0.2) is 4.39 Å². The van der Waals surface area contributed by atoms with E-state index in [2.05, 4.69) is 10.2 Å². The van der Waals surface area contributed by atoms with E-state index >= 15 is 0 Å². The van der Waals surface area contributed by atoms with Crippen LogP contribution in [-0.2, 0) is 6.54 Å². The smallest absolute Gasteiger partial charge is 0.272 e. The van der Waals surface area contributed by atoms with E-state index in [1.807, 2.05) is 0 Å². The molecule has 0 spiro atoms. The Morgan fingerprint density at radius 1 is 1.40 bits per heavy atom. The number of likely N-dealkylation sites (tertiary alicyclic amines) is 1. The summed E-state index contributed by atoms with van der Waals surface area (Å²) in [4.78, 5) is 12.3. The van der Waals surface area contributed by atoms with Gasteiger partial charge in [-0.1, -0.05) is 0 Å². The highest BCUT2D eigenvalue weighted by Crippen LogP contribution is 2.28. The minimum atomic E-state index is -0.567. The molecule has 0 aromatic heterocycles. The molecule has 108 valence electrons. The number of rotatable bonds is 3. The Bertz CT molecular complexity index is 523. The van der Waals surface area contributed by atoms with Crippen LogP contribution in [0.5, 0.6) is 0 Å². The highest BCUT2D eigenvalue weighted by molar-refractivity contribution is 5.34. The Labute approximate surface area is 116 Å². The summed E-state index contributed by atoms with van der Waals surface area (Å²) in [5, 5.41) is 14.0. The zero-order valence-corrected chi connectivity index (χ0v) is 11.2. The SMILES string of the molecule is O=[N+]([O-])c1ccc(CN2CCC3CNCC3C2)c(F)c1. The summed E-state index contributed by atoms with van der Waals surface area (Å²) >= 11 is 0. The molecule has 1 aromatic rings. The molecular weight excluding hydrogens is 261 g/mol. The third kappa shape index (κ3) is 2.66. The number of fused-ring (bicyclic) bond motifs is 1. The lowest BCUT2D eigenvalue weighted by Gasteiger charge is -2.34. The first-order chi connectivity index (χ1) is 9.63. The van der Waals surface area contributed by atoms with E-state index in [-0.39, 0.29) is 5.69 Å². The second-order valence-corrected chi connectivity index (χ2v) is 5.74. The van der Waals surface area contributed by atoms with Crippen molar-refractivity contribution >= 4 is 5.69 Å². The molecule has 2 saturated heterocycles. The number of nitro benzene ring substituents is 1. The largest absolute Gasteiger partial charge is 0.316 e. The lowest BCUT2D eigenvalue weighted by Crippen LogP contribution is -2.39. The van der Waals surface area contributed by atoms with Crippen molar-refractivity contribution in [1.29, 1.82) is 0 Å². The second-order valence-electron chi connectivity index (χ2n) is 5.74. The van der Waals surface area contributed by atoms with E-state index in [0.29, 0.717) is 18.0 Å². The lowest BCUT2D eigenvalue weighted by atomic mass is 9.88. The number of nitrogens with one attached hydrogen (secondary N) is 1. The first-order valence-corrected chi connectivity index (χ1v) is 6.99. The third-order valence-corrected chi connectivity index (χ3v) is 4.43. The fraction of sp³-hybridized carbons (Fsp3) is 0.571. The Kier molecular flexibility index (Phi) is 3.67. The molecule has 2 atom stereocenters. The van der Waals surface area contributed by atoms with Crippen molar-refractivity contribution in [3.05, 3.63) is 39.7 Å². The number of nitrogens with zero attached hydrogens (tertiary/aromatic N) is 2. The summed E-state index contributed by atoms with van der Waals surface area (Å²) in [5.74, 6) is 0.934. The summed E-state index contributed by atoms with van der Waals surface area (Å²) in [7, 11) is 0. The van der Waals surface area contributed by atoms with Gasteiger partial charge in [0, 0.05) is 24.7 Å².